The molecule has 5 rings (SSSR count). The second-order valence-corrected chi connectivity index (χ2v) is 7.69. The van der Waals surface area contributed by atoms with Crippen molar-refractivity contribution in [2.45, 2.75) is 70.8 Å². The maximum absolute atomic E-state index is 5.33. The summed E-state index contributed by atoms with van der Waals surface area (Å²) in [6.07, 6.45) is 13.2. The van der Waals surface area contributed by atoms with E-state index in [1.165, 1.54) is 51.4 Å². The van der Waals surface area contributed by atoms with Crippen molar-refractivity contribution in [3.05, 3.63) is 0 Å². The molecule has 0 N–H and O–H groups in total. The fraction of sp³-hybridized carbons (Fsp3) is 0.941. The fourth-order valence-corrected chi connectivity index (χ4v) is 5.66. The Balaban J connectivity index is 1.56. The van der Waals surface area contributed by atoms with Crippen molar-refractivity contribution < 1.29 is 0 Å². The highest BCUT2D eigenvalue weighted by Gasteiger charge is 2.48. The van der Waals surface area contributed by atoms with E-state index in [-0.39, 0.29) is 0 Å². The minimum atomic E-state index is 0.744. The van der Waals surface area contributed by atoms with Crippen LogP contribution in [0.25, 0.3) is 0 Å². The summed E-state index contributed by atoms with van der Waals surface area (Å²) in [4.78, 5) is 5.33. The van der Waals surface area contributed by atoms with Gasteiger partial charge in [-0.05, 0) is 81.0 Å². The smallest absolute Gasteiger partial charge is 0.0555 e. The van der Waals surface area contributed by atoms with Crippen molar-refractivity contribution in [2.75, 3.05) is 0 Å². The van der Waals surface area contributed by atoms with Gasteiger partial charge in [0, 0.05) is 5.71 Å². The predicted octanol–water partition coefficient (Wildman–Crippen LogP) is 4.46. The molecule has 5 aliphatic carbocycles. The van der Waals surface area contributed by atoms with Gasteiger partial charge >= 0.3 is 0 Å². The van der Waals surface area contributed by atoms with Crippen LogP contribution in [0.1, 0.15) is 64.7 Å². The van der Waals surface area contributed by atoms with E-state index in [0.717, 1.165) is 35.6 Å². The number of nitrogens with zero attached hydrogens (tertiary/aromatic N) is 1. The normalized spacial score (nSPS) is 53.1. The molecule has 18 heavy (non-hydrogen) atoms. The van der Waals surface area contributed by atoms with Crippen LogP contribution in [0, 0.1) is 29.6 Å². The SMILES string of the molecule is CC1CCCCC1=NC1C2CC3CC(C2)CC1C3. The lowest BCUT2D eigenvalue weighted by Gasteiger charge is -2.53. The fourth-order valence-electron chi connectivity index (χ4n) is 5.66. The second-order valence-electron chi connectivity index (χ2n) is 7.69. The van der Waals surface area contributed by atoms with E-state index in [1.807, 2.05) is 0 Å². The number of hydrogen-bond acceptors (Lipinski definition) is 1. The zero-order chi connectivity index (χ0) is 12.1. The lowest BCUT2D eigenvalue weighted by molar-refractivity contribution is 0.00101. The van der Waals surface area contributed by atoms with E-state index >= 15 is 0 Å². The van der Waals surface area contributed by atoms with Gasteiger partial charge in [0.25, 0.3) is 0 Å². The highest BCUT2D eigenvalue weighted by Crippen LogP contribution is 2.54. The first-order chi connectivity index (χ1) is 8.79. The minimum Gasteiger partial charge on any atom is -0.290 e. The Morgan fingerprint density at radius 1 is 0.889 bits per heavy atom. The average Bonchev–Trinajstić information content (AvgIpc) is 2.35. The number of aliphatic imine (C=N–C) groups is 1. The van der Waals surface area contributed by atoms with E-state index in [2.05, 4.69) is 6.92 Å². The molecule has 100 valence electrons. The number of hydrogen-bond donors (Lipinski definition) is 0. The highest BCUT2D eigenvalue weighted by atomic mass is 14.9. The Bertz CT molecular complexity index is 329. The van der Waals surface area contributed by atoms with E-state index in [4.69, 9.17) is 4.99 Å². The molecule has 0 spiro atoms. The lowest BCUT2D eigenvalue weighted by Crippen LogP contribution is -2.48. The molecule has 0 amide bonds. The summed E-state index contributed by atoms with van der Waals surface area (Å²) >= 11 is 0. The van der Waals surface area contributed by atoms with Crippen LogP contribution in [0.2, 0.25) is 0 Å². The topological polar surface area (TPSA) is 12.4 Å². The molecule has 0 aliphatic heterocycles. The zero-order valence-corrected chi connectivity index (χ0v) is 11.8. The zero-order valence-electron chi connectivity index (χ0n) is 11.8. The van der Waals surface area contributed by atoms with Crippen LogP contribution < -0.4 is 0 Å². The Hall–Kier alpha value is -0.330. The summed E-state index contributed by atoms with van der Waals surface area (Å²) in [6, 6.07) is 0.744. The highest BCUT2D eigenvalue weighted by molar-refractivity contribution is 5.87. The molecule has 1 heteroatoms. The quantitative estimate of drug-likeness (QED) is 0.646. The van der Waals surface area contributed by atoms with Gasteiger partial charge in [-0.25, -0.2) is 0 Å². The van der Waals surface area contributed by atoms with Gasteiger partial charge < -0.3 is 0 Å². The first-order valence-corrected chi connectivity index (χ1v) is 8.36. The van der Waals surface area contributed by atoms with Gasteiger partial charge in [0.15, 0.2) is 0 Å². The Labute approximate surface area is 111 Å². The summed E-state index contributed by atoms with van der Waals surface area (Å²) < 4.78 is 0. The van der Waals surface area contributed by atoms with E-state index < -0.39 is 0 Å². The summed E-state index contributed by atoms with van der Waals surface area (Å²) in [5, 5.41) is 0. The van der Waals surface area contributed by atoms with Gasteiger partial charge in [-0.15, -0.1) is 0 Å². The van der Waals surface area contributed by atoms with E-state index in [0.29, 0.717) is 0 Å². The van der Waals surface area contributed by atoms with Gasteiger partial charge in [-0.1, -0.05) is 13.3 Å². The van der Waals surface area contributed by atoms with Crippen molar-refractivity contribution >= 4 is 5.71 Å². The van der Waals surface area contributed by atoms with Gasteiger partial charge in [0.2, 0.25) is 0 Å². The van der Waals surface area contributed by atoms with Crippen LogP contribution in [0.3, 0.4) is 0 Å². The van der Waals surface area contributed by atoms with Crippen molar-refractivity contribution in [2.24, 2.45) is 34.6 Å². The van der Waals surface area contributed by atoms with Crippen molar-refractivity contribution in [3.8, 4) is 0 Å². The summed E-state index contributed by atoms with van der Waals surface area (Å²) in [5.74, 6) is 4.92. The molecule has 0 saturated heterocycles. The molecule has 0 aromatic heterocycles. The van der Waals surface area contributed by atoms with Crippen molar-refractivity contribution in [1.29, 1.82) is 0 Å². The molecule has 0 aromatic carbocycles. The van der Waals surface area contributed by atoms with Gasteiger partial charge in [0.1, 0.15) is 0 Å². The molecule has 1 unspecified atom stereocenters. The first kappa shape index (κ1) is 11.5. The molecule has 0 heterocycles. The molecule has 4 bridgehead atoms. The summed E-state index contributed by atoms with van der Waals surface area (Å²) in [7, 11) is 0. The third kappa shape index (κ3) is 1.85. The van der Waals surface area contributed by atoms with Crippen LogP contribution in [-0.2, 0) is 0 Å². The lowest BCUT2D eigenvalue weighted by atomic mass is 9.54. The van der Waals surface area contributed by atoms with Crippen LogP contribution >= 0.6 is 0 Å². The summed E-state index contributed by atoms with van der Waals surface area (Å²) in [5.41, 5.74) is 1.60. The monoisotopic (exact) mass is 245 g/mol. The average molecular weight is 245 g/mol. The van der Waals surface area contributed by atoms with Crippen LogP contribution in [-0.4, -0.2) is 11.8 Å². The van der Waals surface area contributed by atoms with Crippen LogP contribution in [0.5, 0.6) is 0 Å². The van der Waals surface area contributed by atoms with E-state index in [9.17, 15) is 0 Å². The predicted molar refractivity (Wildman–Crippen MR) is 75.9 cm³/mol. The van der Waals surface area contributed by atoms with E-state index in [1.54, 1.807) is 12.1 Å². The van der Waals surface area contributed by atoms with Gasteiger partial charge in [-0.3, -0.25) is 4.99 Å². The molecule has 5 saturated carbocycles. The third-order valence-corrected chi connectivity index (χ3v) is 6.38. The molecule has 5 aliphatic rings. The van der Waals surface area contributed by atoms with Crippen LogP contribution in [0.15, 0.2) is 4.99 Å². The molecular weight excluding hydrogens is 218 g/mol. The van der Waals surface area contributed by atoms with Crippen molar-refractivity contribution in [3.63, 3.8) is 0 Å². The first-order valence-electron chi connectivity index (χ1n) is 8.36. The molecule has 1 nitrogen and oxygen atoms in total. The largest absolute Gasteiger partial charge is 0.290 e. The minimum absolute atomic E-state index is 0.744. The molecule has 0 radical (unpaired) electrons. The third-order valence-electron chi connectivity index (χ3n) is 6.38. The molecule has 0 aromatic rings. The maximum atomic E-state index is 5.33. The van der Waals surface area contributed by atoms with Gasteiger partial charge in [0.05, 0.1) is 6.04 Å². The standard InChI is InChI=1S/C17H27N/c1-11-4-2-3-5-16(11)18-17-14-7-12-6-13(9-14)10-15(17)8-12/h11-15,17H,2-10H2,1H3. The maximum Gasteiger partial charge on any atom is 0.0555 e. The Morgan fingerprint density at radius 2 is 1.56 bits per heavy atom. The Kier molecular flexibility index (Phi) is 2.78. The summed E-state index contributed by atoms with van der Waals surface area (Å²) in [6.45, 7) is 2.41. The van der Waals surface area contributed by atoms with Crippen LogP contribution in [0.4, 0.5) is 0 Å². The molecular formula is C17H27N. The van der Waals surface area contributed by atoms with Gasteiger partial charge in [-0.2, -0.15) is 0 Å². The Morgan fingerprint density at radius 3 is 2.17 bits per heavy atom. The molecule has 1 atom stereocenters. The van der Waals surface area contributed by atoms with Crippen molar-refractivity contribution in [1.82, 2.24) is 0 Å². The second kappa shape index (κ2) is 4.35. The number of rotatable bonds is 1. The molecule has 5 fully saturated rings.